The maximum atomic E-state index is 13.7. The predicted octanol–water partition coefficient (Wildman–Crippen LogP) is 4.50. The zero-order valence-corrected chi connectivity index (χ0v) is 18.2. The minimum atomic E-state index is -0.882. The normalized spacial score (nSPS) is 16.2. The van der Waals surface area contributed by atoms with Gasteiger partial charge in [0.2, 0.25) is 5.91 Å². The van der Waals surface area contributed by atoms with E-state index in [2.05, 4.69) is 5.32 Å². The summed E-state index contributed by atoms with van der Waals surface area (Å²) < 4.78 is 16.8. The molecule has 2 aromatic carbocycles. The molecule has 170 valence electrons. The van der Waals surface area contributed by atoms with E-state index >= 15 is 0 Å². The smallest absolute Gasteiger partial charge is 0.294 e. The molecule has 1 aromatic heterocycles. The first-order valence-electron chi connectivity index (χ1n) is 11.3. The molecule has 7 heteroatoms. The first-order valence-corrected chi connectivity index (χ1v) is 11.3. The van der Waals surface area contributed by atoms with Gasteiger partial charge in [0.05, 0.1) is 6.26 Å². The van der Waals surface area contributed by atoms with E-state index in [9.17, 15) is 9.59 Å². The van der Waals surface area contributed by atoms with Gasteiger partial charge in [-0.1, -0.05) is 43.2 Å². The number of fused-ring (bicyclic) bond motifs is 1. The number of furan rings is 1. The zero-order chi connectivity index (χ0) is 22.6. The highest BCUT2D eigenvalue weighted by atomic mass is 16.6. The van der Waals surface area contributed by atoms with Gasteiger partial charge in [-0.3, -0.25) is 14.5 Å². The lowest BCUT2D eigenvalue weighted by Crippen LogP contribution is -2.46. The quantitative estimate of drug-likeness (QED) is 0.603. The van der Waals surface area contributed by atoms with Crippen LogP contribution in [0.2, 0.25) is 0 Å². The highest BCUT2D eigenvalue weighted by Gasteiger charge is 2.36. The lowest BCUT2D eigenvalue weighted by atomic mass is 10.0. The van der Waals surface area contributed by atoms with Crippen LogP contribution in [-0.4, -0.2) is 31.1 Å². The average Bonchev–Trinajstić information content (AvgIpc) is 3.57. The molecule has 2 amide bonds. The van der Waals surface area contributed by atoms with Crippen molar-refractivity contribution in [1.82, 2.24) is 5.32 Å². The Kier molecular flexibility index (Phi) is 6.02. The number of benzene rings is 2. The molecule has 1 N–H and O–H groups in total. The summed E-state index contributed by atoms with van der Waals surface area (Å²) >= 11 is 0. The standard InChI is InChI=1S/C26H26N2O5/c29-25(27-19-9-4-5-10-19)24(18-7-2-1-3-8-18)28(26(30)22-11-6-14-31-22)20-12-13-21-23(17-20)33-16-15-32-21/h1-3,6-8,11-14,17,19,24H,4-5,9-10,15-16H2,(H,27,29). The van der Waals surface area contributed by atoms with Crippen LogP contribution >= 0.6 is 0 Å². The van der Waals surface area contributed by atoms with Crippen molar-refractivity contribution >= 4 is 17.5 Å². The van der Waals surface area contributed by atoms with Crippen LogP contribution in [0, 0.1) is 0 Å². The summed E-state index contributed by atoms with van der Waals surface area (Å²) in [4.78, 5) is 28.9. The molecule has 1 fully saturated rings. The summed E-state index contributed by atoms with van der Waals surface area (Å²) in [5, 5.41) is 3.17. The molecule has 7 nitrogen and oxygen atoms in total. The van der Waals surface area contributed by atoms with Gasteiger partial charge in [-0.2, -0.15) is 0 Å². The van der Waals surface area contributed by atoms with Crippen molar-refractivity contribution < 1.29 is 23.5 Å². The van der Waals surface area contributed by atoms with Gasteiger partial charge < -0.3 is 19.2 Å². The van der Waals surface area contributed by atoms with Crippen molar-refractivity contribution in [2.45, 2.75) is 37.8 Å². The van der Waals surface area contributed by atoms with Crippen LogP contribution in [-0.2, 0) is 4.79 Å². The first-order chi connectivity index (χ1) is 16.2. The number of amides is 2. The van der Waals surface area contributed by atoms with Crippen molar-refractivity contribution in [1.29, 1.82) is 0 Å². The van der Waals surface area contributed by atoms with Gasteiger partial charge in [0.15, 0.2) is 17.3 Å². The molecule has 2 aliphatic rings. The second-order valence-corrected chi connectivity index (χ2v) is 8.28. The second kappa shape index (κ2) is 9.40. The van der Waals surface area contributed by atoms with Crippen molar-refractivity contribution in [2.75, 3.05) is 18.1 Å². The Labute approximate surface area is 192 Å². The summed E-state index contributed by atoms with van der Waals surface area (Å²) in [5.41, 5.74) is 1.24. The Morgan fingerprint density at radius 2 is 1.67 bits per heavy atom. The highest BCUT2D eigenvalue weighted by Crippen LogP contribution is 2.38. The van der Waals surface area contributed by atoms with E-state index in [0.717, 1.165) is 25.7 Å². The topological polar surface area (TPSA) is 81.0 Å². The van der Waals surface area contributed by atoms with Gasteiger partial charge in [0.25, 0.3) is 5.91 Å². The molecule has 0 radical (unpaired) electrons. The molecule has 0 spiro atoms. The Morgan fingerprint density at radius 3 is 2.39 bits per heavy atom. The number of ether oxygens (including phenoxy) is 2. The van der Waals surface area contributed by atoms with E-state index in [0.29, 0.717) is 36.0 Å². The van der Waals surface area contributed by atoms with Gasteiger partial charge in [-0.15, -0.1) is 0 Å². The number of carbonyl (C=O) groups excluding carboxylic acids is 2. The number of hydrogen-bond acceptors (Lipinski definition) is 5. The molecule has 2 heterocycles. The third kappa shape index (κ3) is 4.44. The fraction of sp³-hybridized carbons (Fsp3) is 0.308. The lowest BCUT2D eigenvalue weighted by Gasteiger charge is -2.32. The SMILES string of the molecule is O=C(NC1CCCC1)C(c1ccccc1)N(C(=O)c1ccco1)c1ccc2c(c1)OCCO2. The van der Waals surface area contributed by atoms with Gasteiger partial charge >= 0.3 is 0 Å². The largest absolute Gasteiger partial charge is 0.486 e. The molecule has 0 bridgehead atoms. The van der Waals surface area contributed by atoms with E-state index in [1.54, 1.807) is 30.3 Å². The third-order valence-electron chi connectivity index (χ3n) is 6.08. The van der Waals surface area contributed by atoms with Crippen molar-refractivity contribution in [3.8, 4) is 11.5 Å². The van der Waals surface area contributed by atoms with Crippen LogP contribution in [0.15, 0.2) is 71.3 Å². The number of hydrogen-bond donors (Lipinski definition) is 1. The molecule has 1 aliphatic heterocycles. The predicted molar refractivity (Wildman–Crippen MR) is 123 cm³/mol. The van der Waals surface area contributed by atoms with Crippen LogP contribution < -0.4 is 19.7 Å². The monoisotopic (exact) mass is 446 g/mol. The Balaban J connectivity index is 1.59. The number of anilines is 1. The van der Waals surface area contributed by atoms with Crippen LogP contribution in [0.25, 0.3) is 0 Å². The van der Waals surface area contributed by atoms with Crippen molar-refractivity contribution in [3.05, 3.63) is 78.3 Å². The molecule has 1 atom stereocenters. The van der Waals surface area contributed by atoms with Gasteiger partial charge in [0.1, 0.15) is 19.3 Å². The third-order valence-corrected chi connectivity index (χ3v) is 6.08. The van der Waals surface area contributed by atoms with Gasteiger partial charge in [-0.25, -0.2) is 0 Å². The Morgan fingerprint density at radius 1 is 0.909 bits per heavy atom. The van der Waals surface area contributed by atoms with Crippen LogP contribution in [0.4, 0.5) is 5.69 Å². The lowest BCUT2D eigenvalue weighted by molar-refractivity contribution is -0.123. The Bertz CT molecular complexity index is 1110. The molecule has 5 rings (SSSR count). The summed E-state index contributed by atoms with van der Waals surface area (Å²) in [5.74, 6) is 0.676. The van der Waals surface area contributed by atoms with E-state index in [1.807, 2.05) is 30.3 Å². The molecule has 1 saturated carbocycles. The van der Waals surface area contributed by atoms with E-state index in [4.69, 9.17) is 13.9 Å². The van der Waals surface area contributed by atoms with Crippen LogP contribution in [0.3, 0.4) is 0 Å². The second-order valence-electron chi connectivity index (χ2n) is 8.28. The number of rotatable bonds is 6. The summed E-state index contributed by atoms with van der Waals surface area (Å²) in [6, 6.07) is 17.1. The number of nitrogens with zero attached hydrogens (tertiary/aromatic N) is 1. The van der Waals surface area contributed by atoms with E-state index in [1.165, 1.54) is 11.2 Å². The summed E-state index contributed by atoms with van der Waals surface area (Å²) in [7, 11) is 0. The number of carbonyl (C=O) groups is 2. The summed E-state index contributed by atoms with van der Waals surface area (Å²) in [6.07, 6.45) is 5.54. The van der Waals surface area contributed by atoms with Gasteiger partial charge in [0, 0.05) is 17.8 Å². The van der Waals surface area contributed by atoms with Gasteiger partial charge in [-0.05, 0) is 42.7 Å². The molecule has 0 saturated heterocycles. The van der Waals surface area contributed by atoms with Crippen LogP contribution in [0.5, 0.6) is 11.5 Å². The number of nitrogens with one attached hydrogen (secondary N) is 1. The summed E-state index contributed by atoms with van der Waals surface area (Å²) in [6.45, 7) is 0.894. The minimum absolute atomic E-state index is 0.115. The molecule has 33 heavy (non-hydrogen) atoms. The Hall–Kier alpha value is -3.74. The molecular weight excluding hydrogens is 420 g/mol. The molecule has 3 aromatic rings. The van der Waals surface area contributed by atoms with Crippen molar-refractivity contribution in [3.63, 3.8) is 0 Å². The average molecular weight is 447 g/mol. The molecule has 1 aliphatic carbocycles. The van der Waals surface area contributed by atoms with Crippen LogP contribution in [0.1, 0.15) is 47.8 Å². The fourth-order valence-electron chi connectivity index (χ4n) is 4.49. The highest BCUT2D eigenvalue weighted by molar-refractivity contribution is 6.08. The minimum Gasteiger partial charge on any atom is -0.486 e. The zero-order valence-electron chi connectivity index (χ0n) is 18.2. The van der Waals surface area contributed by atoms with E-state index in [-0.39, 0.29) is 17.7 Å². The maximum Gasteiger partial charge on any atom is 0.294 e. The first kappa shape index (κ1) is 21.1. The fourth-order valence-corrected chi connectivity index (χ4v) is 4.49. The molecular formula is C26H26N2O5. The maximum absolute atomic E-state index is 13.7. The van der Waals surface area contributed by atoms with E-state index < -0.39 is 11.9 Å². The van der Waals surface area contributed by atoms with Crippen molar-refractivity contribution in [2.24, 2.45) is 0 Å². The molecule has 1 unspecified atom stereocenters.